The van der Waals surface area contributed by atoms with Gasteiger partial charge in [0.25, 0.3) is 5.91 Å². The number of nitrogens with zero attached hydrogens (tertiary/aromatic N) is 1. The number of amides is 1. The number of likely N-dealkylation sites (N-methyl/N-ethyl adjacent to an activating group) is 1. The lowest BCUT2D eigenvalue weighted by Crippen LogP contribution is -2.38. The Bertz CT molecular complexity index is 1100. The molecular formula is C22H22ClN3O2S. The van der Waals surface area contributed by atoms with Crippen LogP contribution in [0.4, 0.5) is 5.00 Å². The van der Waals surface area contributed by atoms with Crippen LogP contribution in [0.5, 0.6) is 0 Å². The van der Waals surface area contributed by atoms with Crippen molar-refractivity contribution in [3.63, 3.8) is 0 Å². The molecule has 0 bridgehead atoms. The number of carbonyl (C=O) groups excluding carboxylic acids is 1. The van der Waals surface area contributed by atoms with Crippen molar-refractivity contribution in [2.45, 2.75) is 33.0 Å². The third kappa shape index (κ3) is 3.25. The number of aryl methyl sites for hydroxylation is 1. The molecule has 1 amide bonds. The lowest BCUT2D eigenvalue weighted by Gasteiger charge is -2.27. The standard InChI is InChI=1S/C22H22ClN3O2S/c1-3-26-9-8-14-18(11-26)29-22-19(14)21(27)24-20(25-22)17-7-6-16(28-17)13-5-4-12(2)15(23)10-13/h4-7,10,20,25H,3,8-9,11H2,1-2H3,(H,24,27)/t20-/m1/s1. The summed E-state index contributed by atoms with van der Waals surface area (Å²) in [6, 6.07) is 9.68. The summed E-state index contributed by atoms with van der Waals surface area (Å²) in [5.41, 5.74) is 3.96. The van der Waals surface area contributed by atoms with E-state index in [2.05, 4.69) is 22.5 Å². The highest BCUT2D eigenvalue weighted by Gasteiger charge is 2.34. The minimum absolute atomic E-state index is 0.0254. The fraction of sp³-hybridized carbons (Fsp3) is 0.318. The second kappa shape index (κ2) is 7.20. The molecule has 5 nitrogen and oxygen atoms in total. The van der Waals surface area contributed by atoms with Gasteiger partial charge in [0, 0.05) is 28.6 Å². The van der Waals surface area contributed by atoms with E-state index in [1.807, 2.05) is 37.3 Å². The second-order valence-corrected chi connectivity index (χ2v) is 9.06. The normalized spacial score (nSPS) is 18.7. The molecular weight excluding hydrogens is 406 g/mol. The number of anilines is 1. The number of hydrogen-bond donors (Lipinski definition) is 2. The Balaban J connectivity index is 1.42. The average molecular weight is 428 g/mol. The van der Waals surface area contributed by atoms with Crippen molar-refractivity contribution in [1.82, 2.24) is 10.2 Å². The van der Waals surface area contributed by atoms with Crippen LogP contribution in [0.3, 0.4) is 0 Å². The van der Waals surface area contributed by atoms with Crippen LogP contribution in [-0.4, -0.2) is 23.9 Å². The van der Waals surface area contributed by atoms with Crippen molar-refractivity contribution in [3.05, 3.63) is 62.7 Å². The van der Waals surface area contributed by atoms with Gasteiger partial charge >= 0.3 is 0 Å². The summed E-state index contributed by atoms with van der Waals surface area (Å²) in [7, 11) is 0. The SMILES string of the molecule is CCN1CCc2c(sc3c2C(=O)N[C@@H](c2ccc(-c4ccc(C)c(Cl)c4)o2)N3)C1. The Labute approximate surface area is 178 Å². The largest absolute Gasteiger partial charge is 0.457 e. The van der Waals surface area contributed by atoms with Gasteiger partial charge in [-0.1, -0.05) is 30.7 Å². The fourth-order valence-electron chi connectivity index (χ4n) is 3.99. The maximum absolute atomic E-state index is 12.9. The molecule has 29 heavy (non-hydrogen) atoms. The van der Waals surface area contributed by atoms with Crippen LogP contribution in [0.15, 0.2) is 34.7 Å². The predicted octanol–water partition coefficient (Wildman–Crippen LogP) is 5.20. The van der Waals surface area contributed by atoms with Crippen molar-refractivity contribution in [2.75, 3.05) is 18.4 Å². The lowest BCUT2D eigenvalue weighted by atomic mass is 10.0. The predicted molar refractivity (Wildman–Crippen MR) is 117 cm³/mol. The molecule has 0 unspecified atom stereocenters. The van der Waals surface area contributed by atoms with Crippen LogP contribution in [0.2, 0.25) is 5.02 Å². The van der Waals surface area contributed by atoms with Crippen molar-refractivity contribution >= 4 is 33.8 Å². The number of benzene rings is 1. The molecule has 0 spiro atoms. The van der Waals surface area contributed by atoms with E-state index in [0.29, 0.717) is 10.8 Å². The van der Waals surface area contributed by atoms with Gasteiger partial charge in [0.2, 0.25) is 0 Å². The molecule has 0 aliphatic carbocycles. The summed E-state index contributed by atoms with van der Waals surface area (Å²) >= 11 is 7.94. The number of nitrogens with one attached hydrogen (secondary N) is 2. The molecule has 2 N–H and O–H groups in total. The van der Waals surface area contributed by atoms with Crippen LogP contribution < -0.4 is 10.6 Å². The molecule has 3 aromatic rings. The number of thiophene rings is 1. The zero-order valence-electron chi connectivity index (χ0n) is 16.3. The summed E-state index contributed by atoms with van der Waals surface area (Å²) in [6.07, 6.45) is 0.542. The van der Waals surface area contributed by atoms with Gasteiger partial charge in [-0.3, -0.25) is 9.69 Å². The number of furan rings is 1. The molecule has 1 atom stereocenters. The minimum Gasteiger partial charge on any atom is -0.457 e. The topological polar surface area (TPSA) is 57.5 Å². The van der Waals surface area contributed by atoms with Crippen molar-refractivity contribution in [1.29, 1.82) is 0 Å². The maximum atomic E-state index is 12.9. The van der Waals surface area contributed by atoms with E-state index >= 15 is 0 Å². The Morgan fingerprint density at radius 1 is 1.28 bits per heavy atom. The number of hydrogen-bond acceptors (Lipinski definition) is 5. The Hall–Kier alpha value is -2.28. The van der Waals surface area contributed by atoms with Crippen LogP contribution in [-0.2, 0) is 13.0 Å². The van der Waals surface area contributed by atoms with Crippen LogP contribution in [0.1, 0.15) is 45.2 Å². The van der Waals surface area contributed by atoms with E-state index in [1.165, 1.54) is 10.4 Å². The summed E-state index contributed by atoms with van der Waals surface area (Å²) in [4.78, 5) is 16.6. The van der Waals surface area contributed by atoms with Gasteiger partial charge in [0.1, 0.15) is 16.5 Å². The van der Waals surface area contributed by atoms with Crippen LogP contribution in [0, 0.1) is 6.92 Å². The molecule has 4 heterocycles. The first-order valence-corrected chi connectivity index (χ1v) is 11.0. The third-order valence-corrected chi connectivity index (χ3v) is 7.28. The van der Waals surface area contributed by atoms with Crippen LogP contribution >= 0.6 is 22.9 Å². The van der Waals surface area contributed by atoms with Gasteiger partial charge in [0.05, 0.1) is 5.56 Å². The highest BCUT2D eigenvalue weighted by molar-refractivity contribution is 7.16. The van der Waals surface area contributed by atoms with Gasteiger partial charge in [-0.15, -0.1) is 11.3 Å². The van der Waals surface area contributed by atoms with Gasteiger partial charge in [-0.05, 0) is 49.2 Å². The van der Waals surface area contributed by atoms with E-state index in [4.69, 9.17) is 16.0 Å². The summed E-state index contributed by atoms with van der Waals surface area (Å²) in [5, 5.41) is 8.18. The summed E-state index contributed by atoms with van der Waals surface area (Å²) in [5.74, 6) is 1.38. The van der Waals surface area contributed by atoms with Gasteiger partial charge in [0.15, 0.2) is 6.17 Å². The molecule has 2 aromatic heterocycles. The van der Waals surface area contributed by atoms with E-state index in [9.17, 15) is 4.79 Å². The molecule has 0 saturated carbocycles. The quantitative estimate of drug-likeness (QED) is 0.603. The van der Waals surface area contributed by atoms with Gasteiger partial charge < -0.3 is 15.1 Å². The highest BCUT2D eigenvalue weighted by atomic mass is 35.5. The Morgan fingerprint density at radius 2 is 2.14 bits per heavy atom. The molecule has 2 aliphatic rings. The molecule has 0 fully saturated rings. The molecule has 0 radical (unpaired) electrons. The number of carbonyl (C=O) groups is 1. The zero-order valence-corrected chi connectivity index (χ0v) is 17.9. The van der Waals surface area contributed by atoms with E-state index in [1.54, 1.807) is 11.3 Å². The van der Waals surface area contributed by atoms with E-state index in [0.717, 1.165) is 53.5 Å². The van der Waals surface area contributed by atoms with Gasteiger partial charge in [-0.25, -0.2) is 0 Å². The first-order valence-electron chi connectivity index (χ1n) is 9.84. The molecule has 150 valence electrons. The van der Waals surface area contributed by atoms with E-state index < -0.39 is 0 Å². The number of rotatable bonds is 3. The Kier molecular flexibility index (Phi) is 4.65. The molecule has 2 aliphatic heterocycles. The fourth-order valence-corrected chi connectivity index (χ4v) is 5.49. The Morgan fingerprint density at radius 3 is 2.93 bits per heavy atom. The second-order valence-electron chi connectivity index (χ2n) is 7.54. The van der Waals surface area contributed by atoms with Gasteiger partial charge in [-0.2, -0.15) is 0 Å². The maximum Gasteiger partial charge on any atom is 0.256 e. The number of halogens is 1. The smallest absolute Gasteiger partial charge is 0.256 e. The van der Waals surface area contributed by atoms with Crippen molar-refractivity contribution < 1.29 is 9.21 Å². The molecule has 7 heteroatoms. The lowest BCUT2D eigenvalue weighted by molar-refractivity contribution is 0.0930. The molecule has 0 saturated heterocycles. The van der Waals surface area contributed by atoms with Crippen molar-refractivity contribution in [3.8, 4) is 11.3 Å². The van der Waals surface area contributed by atoms with Crippen LogP contribution in [0.25, 0.3) is 11.3 Å². The zero-order chi connectivity index (χ0) is 20.1. The summed E-state index contributed by atoms with van der Waals surface area (Å²) in [6.45, 7) is 7.10. The first-order chi connectivity index (χ1) is 14.0. The minimum atomic E-state index is -0.382. The van der Waals surface area contributed by atoms with E-state index in [-0.39, 0.29) is 12.1 Å². The highest BCUT2D eigenvalue weighted by Crippen LogP contribution is 2.41. The van der Waals surface area contributed by atoms with Crippen molar-refractivity contribution in [2.24, 2.45) is 0 Å². The monoisotopic (exact) mass is 427 g/mol. The average Bonchev–Trinajstić information content (AvgIpc) is 3.34. The first kappa shape index (κ1) is 18.7. The molecule has 1 aromatic carbocycles. The molecule has 5 rings (SSSR count). The number of fused-ring (bicyclic) bond motifs is 3. The third-order valence-electron chi connectivity index (χ3n) is 5.73. The summed E-state index contributed by atoms with van der Waals surface area (Å²) < 4.78 is 6.06.